The molecule has 9 nitrogen and oxygen atoms in total. The number of rotatable bonds is 3. The quantitative estimate of drug-likeness (QED) is 0.419. The highest BCUT2D eigenvalue weighted by Crippen LogP contribution is 2.53. The van der Waals surface area contributed by atoms with Crippen molar-refractivity contribution < 1.29 is 39.5 Å². The molecular weight excluding hydrogens is 454 g/mol. The molecule has 2 aromatic carbocycles. The lowest BCUT2D eigenvalue weighted by Crippen LogP contribution is -2.58. The highest BCUT2D eigenvalue weighted by atomic mass is 16.5. The van der Waals surface area contributed by atoms with E-state index >= 15 is 0 Å². The van der Waals surface area contributed by atoms with Crippen molar-refractivity contribution in [1.82, 2.24) is 0 Å². The summed E-state index contributed by atoms with van der Waals surface area (Å²) in [6, 6.07) is 10.3. The number of phenolic OH excluding ortho intramolecular Hbond substituents is 1. The number of benzene rings is 2. The first-order valence-corrected chi connectivity index (χ1v) is 11.1. The molecule has 1 amide bonds. The SMILES string of the molecule is COc1ccc(-c2ccc(O)c3c2CC2CC4CC(=O)C(C(N)=O)=C(O)C4(O)C(=O)C2=C3O)cc1. The topological polar surface area (TPSA) is 167 Å². The van der Waals surface area contributed by atoms with Gasteiger partial charge in [0.15, 0.2) is 11.4 Å². The lowest BCUT2D eigenvalue weighted by Gasteiger charge is -2.46. The van der Waals surface area contributed by atoms with Crippen molar-refractivity contribution in [1.29, 1.82) is 0 Å². The first-order valence-electron chi connectivity index (χ1n) is 11.1. The second-order valence-corrected chi connectivity index (χ2v) is 9.12. The summed E-state index contributed by atoms with van der Waals surface area (Å²) in [7, 11) is 1.55. The number of aliphatic hydroxyl groups is 3. The Bertz CT molecular complexity index is 1370. The molecule has 6 N–H and O–H groups in total. The van der Waals surface area contributed by atoms with Gasteiger partial charge >= 0.3 is 0 Å². The summed E-state index contributed by atoms with van der Waals surface area (Å²) in [6.45, 7) is 0. The molecule has 5 rings (SSSR count). The Morgan fingerprint density at radius 2 is 1.74 bits per heavy atom. The van der Waals surface area contributed by atoms with Gasteiger partial charge in [-0.1, -0.05) is 18.2 Å². The van der Waals surface area contributed by atoms with Gasteiger partial charge in [0, 0.05) is 17.9 Å². The molecule has 3 atom stereocenters. The Balaban J connectivity index is 1.68. The maximum Gasteiger partial charge on any atom is 0.255 e. The standard InChI is InChI=1S/C26H23NO8/c1-35-14-4-2-11(3-5-14)15-6-7-17(28)20-16(15)9-12-8-13-10-18(29)21(25(27)33)24(32)26(13,34)23(31)19(12)22(20)30/h2-7,12-13,28,30,32,34H,8-10H2,1H3,(H2,27,33). The first kappa shape index (κ1) is 22.7. The molecule has 3 aliphatic carbocycles. The number of fused-ring (bicyclic) bond motifs is 3. The third kappa shape index (κ3) is 3.08. The number of ether oxygens (including phenoxy) is 1. The second-order valence-electron chi connectivity index (χ2n) is 9.12. The van der Waals surface area contributed by atoms with Crippen molar-refractivity contribution in [3.8, 4) is 22.6 Å². The predicted molar refractivity (Wildman–Crippen MR) is 123 cm³/mol. The summed E-state index contributed by atoms with van der Waals surface area (Å²) >= 11 is 0. The highest BCUT2D eigenvalue weighted by Gasteiger charge is 2.60. The molecule has 1 saturated carbocycles. The highest BCUT2D eigenvalue weighted by molar-refractivity contribution is 6.22. The zero-order chi connectivity index (χ0) is 25.2. The molecule has 9 heteroatoms. The Kier molecular flexibility index (Phi) is 4.99. The molecule has 0 radical (unpaired) electrons. The minimum atomic E-state index is -2.57. The van der Waals surface area contributed by atoms with Crippen LogP contribution in [0.4, 0.5) is 0 Å². The number of phenols is 1. The van der Waals surface area contributed by atoms with Crippen LogP contribution >= 0.6 is 0 Å². The lowest BCUT2D eigenvalue weighted by atomic mass is 9.59. The monoisotopic (exact) mass is 477 g/mol. The van der Waals surface area contributed by atoms with Crippen molar-refractivity contribution in [3.05, 3.63) is 64.4 Å². The van der Waals surface area contributed by atoms with E-state index in [1.807, 2.05) is 12.1 Å². The van der Waals surface area contributed by atoms with Gasteiger partial charge in [0.05, 0.1) is 12.7 Å². The predicted octanol–water partition coefficient (Wildman–Crippen LogP) is 2.10. The number of hydrogen-bond donors (Lipinski definition) is 5. The van der Waals surface area contributed by atoms with Gasteiger partial charge in [-0.25, -0.2) is 0 Å². The number of aliphatic hydroxyl groups excluding tert-OH is 2. The zero-order valence-electron chi connectivity index (χ0n) is 18.7. The van der Waals surface area contributed by atoms with Crippen molar-refractivity contribution in [3.63, 3.8) is 0 Å². The summed E-state index contributed by atoms with van der Waals surface area (Å²) < 4.78 is 5.21. The van der Waals surface area contributed by atoms with Crippen LogP contribution in [0, 0.1) is 11.8 Å². The van der Waals surface area contributed by atoms with Crippen LogP contribution in [0.5, 0.6) is 11.5 Å². The third-order valence-electron chi connectivity index (χ3n) is 7.35. The Labute approximate surface area is 199 Å². The van der Waals surface area contributed by atoms with Crippen molar-refractivity contribution in [2.24, 2.45) is 17.6 Å². The van der Waals surface area contributed by atoms with Crippen LogP contribution < -0.4 is 10.5 Å². The molecule has 35 heavy (non-hydrogen) atoms. The molecular formula is C26H23NO8. The number of Topliss-reactive ketones (excluding diaryl/α,β-unsaturated/α-hetero) is 2. The van der Waals surface area contributed by atoms with E-state index in [-0.39, 0.29) is 36.1 Å². The van der Waals surface area contributed by atoms with Gasteiger partial charge in [0.25, 0.3) is 5.91 Å². The molecule has 3 aliphatic rings. The number of aromatic hydroxyl groups is 1. The van der Waals surface area contributed by atoms with Crippen LogP contribution in [0.2, 0.25) is 0 Å². The van der Waals surface area contributed by atoms with Gasteiger partial charge in [-0.05, 0) is 53.6 Å². The normalized spacial score (nSPS) is 25.7. The molecule has 2 aromatic rings. The van der Waals surface area contributed by atoms with E-state index in [1.54, 1.807) is 25.3 Å². The van der Waals surface area contributed by atoms with Crippen LogP contribution in [-0.2, 0) is 20.8 Å². The van der Waals surface area contributed by atoms with Crippen molar-refractivity contribution in [2.45, 2.75) is 24.9 Å². The molecule has 180 valence electrons. The number of hydrogen-bond acceptors (Lipinski definition) is 8. The molecule has 0 heterocycles. The number of carbonyl (C=O) groups excluding carboxylic acids is 3. The summed E-state index contributed by atoms with van der Waals surface area (Å²) in [5.74, 6) is -5.79. The smallest absolute Gasteiger partial charge is 0.255 e. The molecule has 0 aromatic heterocycles. The number of amides is 1. The summed E-state index contributed by atoms with van der Waals surface area (Å²) in [5, 5.41) is 43.7. The van der Waals surface area contributed by atoms with Crippen LogP contribution in [0.25, 0.3) is 16.9 Å². The van der Waals surface area contributed by atoms with Crippen molar-refractivity contribution in [2.75, 3.05) is 7.11 Å². The third-order valence-corrected chi connectivity index (χ3v) is 7.35. The average Bonchev–Trinajstić information content (AvgIpc) is 2.81. The van der Waals surface area contributed by atoms with E-state index in [4.69, 9.17) is 10.5 Å². The molecule has 0 aliphatic heterocycles. The van der Waals surface area contributed by atoms with E-state index in [0.29, 0.717) is 11.3 Å². The summed E-state index contributed by atoms with van der Waals surface area (Å²) in [6.07, 6.45) is -0.0296. The summed E-state index contributed by atoms with van der Waals surface area (Å²) in [5.41, 5.74) is 3.87. The van der Waals surface area contributed by atoms with Crippen LogP contribution in [0.15, 0.2) is 53.3 Å². The van der Waals surface area contributed by atoms with Crippen LogP contribution in [0.1, 0.15) is 24.0 Å². The van der Waals surface area contributed by atoms with Crippen molar-refractivity contribution >= 4 is 23.2 Å². The molecule has 0 saturated heterocycles. The minimum absolute atomic E-state index is 0.0606. The van der Waals surface area contributed by atoms with Gasteiger partial charge < -0.3 is 30.9 Å². The first-order chi connectivity index (χ1) is 16.6. The van der Waals surface area contributed by atoms with Crippen LogP contribution in [-0.4, -0.2) is 50.6 Å². The van der Waals surface area contributed by atoms with Gasteiger partial charge in [0.2, 0.25) is 5.78 Å². The number of ketones is 2. The number of carbonyl (C=O) groups is 3. The number of nitrogens with two attached hydrogens (primary N) is 1. The fourth-order valence-corrected chi connectivity index (χ4v) is 5.66. The van der Waals surface area contributed by atoms with E-state index in [1.165, 1.54) is 6.07 Å². The fraction of sp³-hybridized carbons (Fsp3) is 0.269. The van der Waals surface area contributed by atoms with Gasteiger partial charge in [-0.3, -0.25) is 14.4 Å². The average molecular weight is 477 g/mol. The van der Waals surface area contributed by atoms with E-state index in [2.05, 4.69) is 0 Å². The molecule has 1 fully saturated rings. The summed E-state index contributed by atoms with van der Waals surface area (Å²) in [4.78, 5) is 37.7. The Morgan fingerprint density at radius 1 is 1.06 bits per heavy atom. The molecule has 0 spiro atoms. The Morgan fingerprint density at radius 3 is 2.37 bits per heavy atom. The minimum Gasteiger partial charge on any atom is -0.508 e. The second kappa shape index (κ2) is 7.71. The molecule has 0 bridgehead atoms. The Hall–Kier alpha value is -4.11. The fourth-order valence-electron chi connectivity index (χ4n) is 5.66. The van der Waals surface area contributed by atoms with Gasteiger partial charge in [-0.2, -0.15) is 0 Å². The maximum absolute atomic E-state index is 13.5. The lowest BCUT2D eigenvalue weighted by molar-refractivity contribution is -0.147. The number of primary amides is 1. The maximum atomic E-state index is 13.5. The molecule has 3 unspecified atom stereocenters. The number of methoxy groups -OCH3 is 1. The zero-order valence-corrected chi connectivity index (χ0v) is 18.7. The van der Waals surface area contributed by atoms with Crippen LogP contribution in [0.3, 0.4) is 0 Å². The van der Waals surface area contributed by atoms with Gasteiger partial charge in [0.1, 0.15) is 28.6 Å². The largest absolute Gasteiger partial charge is 0.508 e. The van der Waals surface area contributed by atoms with E-state index < -0.39 is 52.0 Å². The van der Waals surface area contributed by atoms with E-state index in [9.17, 15) is 34.8 Å². The van der Waals surface area contributed by atoms with Gasteiger partial charge in [-0.15, -0.1) is 0 Å². The van der Waals surface area contributed by atoms with E-state index in [0.717, 1.165) is 11.1 Å².